The van der Waals surface area contributed by atoms with Crippen molar-refractivity contribution in [2.75, 3.05) is 20.8 Å². The Bertz CT molecular complexity index is 865. The number of carbonyl (C=O) groups is 1. The van der Waals surface area contributed by atoms with Gasteiger partial charge in [-0.05, 0) is 41.8 Å². The van der Waals surface area contributed by atoms with E-state index in [9.17, 15) is 20.0 Å². The van der Waals surface area contributed by atoms with E-state index in [2.05, 4.69) is 0 Å². The average Bonchev–Trinajstić information content (AvgIpc) is 3.07. The van der Waals surface area contributed by atoms with E-state index in [0.717, 1.165) is 5.56 Å². The summed E-state index contributed by atoms with van der Waals surface area (Å²) in [6.45, 7) is 0.196. The molecule has 2 aromatic rings. The van der Waals surface area contributed by atoms with Crippen LogP contribution in [0.15, 0.2) is 42.5 Å². The summed E-state index contributed by atoms with van der Waals surface area (Å²) >= 11 is 0. The summed E-state index contributed by atoms with van der Waals surface area (Å²) in [5.41, 5.74) is 1.28. The van der Waals surface area contributed by atoms with Crippen molar-refractivity contribution in [3.05, 3.63) is 63.7 Å². The molecule has 1 aliphatic rings. The molecule has 0 amide bonds. The van der Waals surface area contributed by atoms with Crippen LogP contribution in [0.3, 0.4) is 0 Å². The smallest absolute Gasteiger partial charge is 0.312 e. The number of carbonyl (C=O) groups excluding carboxylic acids is 1. The number of nitro groups is 1. The van der Waals surface area contributed by atoms with Gasteiger partial charge in [0.1, 0.15) is 0 Å². The number of nitrogens with zero attached hydrogens (tertiary/aromatic N) is 1. The van der Waals surface area contributed by atoms with Crippen LogP contribution in [0, 0.1) is 22.0 Å². The number of hydrogen-bond acceptors (Lipinski definition) is 7. The summed E-state index contributed by atoms with van der Waals surface area (Å²) in [6, 6.07) is 11.0. The molecule has 0 aromatic heterocycles. The number of aliphatic hydroxyl groups is 1. The number of nitro benzene ring substituents is 1. The molecule has 0 radical (unpaired) electrons. The first-order valence-corrected chi connectivity index (χ1v) is 8.74. The van der Waals surface area contributed by atoms with Gasteiger partial charge in [0.2, 0.25) is 0 Å². The van der Waals surface area contributed by atoms with Gasteiger partial charge in [-0.15, -0.1) is 0 Å². The highest BCUT2D eigenvalue weighted by atomic mass is 16.6. The Labute approximate surface area is 161 Å². The van der Waals surface area contributed by atoms with Gasteiger partial charge in [0.05, 0.1) is 37.8 Å². The summed E-state index contributed by atoms with van der Waals surface area (Å²) in [5.74, 6) is -0.285. The number of cyclic esters (lactones) is 1. The molecule has 1 unspecified atom stereocenters. The quantitative estimate of drug-likeness (QED) is 0.442. The second-order valence-corrected chi connectivity index (χ2v) is 6.60. The van der Waals surface area contributed by atoms with Crippen LogP contribution in [0.4, 0.5) is 5.69 Å². The van der Waals surface area contributed by atoms with Gasteiger partial charge in [-0.1, -0.05) is 6.07 Å². The second-order valence-electron chi connectivity index (χ2n) is 6.60. The van der Waals surface area contributed by atoms with E-state index in [0.29, 0.717) is 23.5 Å². The van der Waals surface area contributed by atoms with Crippen LogP contribution in [0.2, 0.25) is 0 Å². The summed E-state index contributed by atoms with van der Waals surface area (Å²) in [6.07, 6.45) is -0.609. The number of non-ortho nitro benzene ring substituents is 1. The van der Waals surface area contributed by atoms with Gasteiger partial charge < -0.3 is 19.3 Å². The molecule has 148 valence electrons. The lowest BCUT2D eigenvalue weighted by Gasteiger charge is -2.21. The number of esters is 1. The Morgan fingerprint density at radius 1 is 1.18 bits per heavy atom. The van der Waals surface area contributed by atoms with Crippen LogP contribution in [-0.4, -0.2) is 36.8 Å². The lowest BCUT2D eigenvalue weighted by atomic mass is 9.83. The molecule has 2 aromatic carbocycles. The fourth-order valence-electron chi connectivity index (χ4n) is 3.47. The number of ether oxygens (including phenoxy) is 3. The van der Waals surface area contributed by atoms with Gasteiger partial charge in [0.25, 0.3) is 5.69 Å². The predicted molar refractivity (Wildman–Crippen MR) is 99.2 cm³/mol. The van der Waals surface area contributed by atoms with Gasteiger partial charge in [0.15, 0.2) is 11.5 Å². The molecule has 28 heavy (non-hydrogen) atoms. The van der Waals surface area contributed by atoms with Crippen molar-refractivity contribution < 1.29 is 29.0 Å². The Morgan fingerprint density at radius 3 is 2.46 bits per heavy atom. The maximum Gasteiger partial charge on any atom is 0.312 e. The summed E-state index contributed by atoms with van der Waals surface area (Å²) < 4.78 is 15.7. The van der Waals surface area contributed by atoms with Crippen molar-refractivity contribution in [2.24, 2.45) is 11.8 Å². The zero-order valence-corrected chi connectivity index (χ0v) is 15.5. The molecule has 1 heterocycles. The molecule has 1 saturated heterocycles. The molecule has 8 nitrogen and oxygen atoms in total. The van der Waals surface area contributed by atoms with Gasteiger partial charge in [-0.25, -0.2) is 0 Å². The highest BCUT2D eigenvalue weighted by Crippen LogP contribution is 2.37. The number of methoxy groups -OCH3 is 2. The van der Waals surface area contributed by atoms with Gasteiger partial charge >= 0.3 is 5.97 Å². The summed E-state index contributed by atoms with van der Waals surface area (Å²) in [5, 5.41) is 21.5. The zero-order valence-electron chi connectivity index (χ0n) is 15.5. The second kappa shape index (κ2) is 8.26. The van der Waals surface area contributed by atoms with E-state index < -0.39 is 22.9 Å². The Balaban J connectivity index is 1.80. The van der Waals surface area contributed by atoms with Gasteiger partial charge in [-0.2, -0.15) is 0 Å². The topological polar surface area (TPSA) is 108 Å². The molecule has 0 aliphatic carbocycles. The van der Waals surface area contributed by atoms with Crippen molar-refractivity contribution in [3.8, 4) is 11.5 Å². The molecule has 0 bridgehead atoms. The van der Waals surface area contributed by atoms with Crippen molar-refractivity contribution in [1.29, 1.82) is 0 Å². The highest BCUT2D eigenvalue weighted by molar-refractivity contribution is 5.75. The maximum atomic E-state index is 12.3. The Kier molecular flexibility index (Phi) is 5.79. The average molecular weight is 387 g/mol. The summed E-state index contributed by atoms with van der Waals surface area (Å²) in [7, 11) is 3.10. The zero-order chi connectivity index (χ0) is 20.3. The standard InChI is InChI=1S/C20H21NO7/c1-26-16-8-3-12(10-17(16)27-2)9-14-11-28-20(23)18(14)19(22)13-4-6-15(7-5-13)21(24)25/h3-8,10,14,18-19,22H,9,11H2,1-2H3/t14-,18?,19-/m0/s1. The molecule has 3 atom stereocenters. The fraction of sp³-hybridized carbons (Fsp3) is 0.350. The van der Waals surface area contributed by atoms with E-state index in [4.69, 9.17) is 14.2 Å². The lowest BCUT2D eigenvalue weighted by Crippen LogP contribution is -2.25. The molecular weight excluding hydrogens is 366 g/mol. The Morgan fingerprint density at radius 2 is 1.86 bits per heavy atom. The largest absolute Gasteiger partial charge is 0.493 e. The SMILES string of the molecule is COc1ccc(C[C@H]2COC(=O)C2[C@@H](O)c2ccc([N+](=O)[O-])cc2)cc1OC. The molecule has 8 heteroatoms. The van der Waals surface area contributed by atoms with Crippen LogP contribution in [0.25, 0.3) is 0 Å². The maximum absolute atomic E-state index is 12.3. The highest BCUT2D eigenvalue weighted by Gasteiger charge is 2.42. The van der Waals surface area contributed by atoms with Crippen molar-refractivity contribution in [3.63, 3.8) is 0 Å². The van der Waals surface area contributed by atoms with Gasteiger partial charge in [-0.3, -0.25) is 14.9 Å². The molecule has 0 saturated carbocycles. The molecule has 1 N–H and O–H groups in total. The van der Waals surface area contributed by atoms with Crippen LogP contribution in [0.1, 0.15) is 17.2 Å². The molecular formula is C20H21NO7. The normalized spacial score (nSPS) is 19.8. The minimum absolute atomic E-state index is 0.0770. The fourth-order valence-corrected chi connectivity index (χ4v) is 3.47. The van der Waals surface area contributed by atoms with E-state index in [1.165, 1.54) is 24.3 Å². The van der Waals surface area contributed by atoms with Gasteiger partial charge in [0, 0.05) is 18.1 Å². The minimum atomic E-state index is -1.11. The third-order valence-electron chi connectivity index (χ3n) is 4.95. The van der Waals surface area contributed by atoms with Crippen molar-refractivity contribution >= 4 is 11.7 Å². The molecule has 0 spiro atoms. The van der Waals surface area contributed by atoms with Crippen LogP contribution >= 0.6 is 0 Å². The minimum Gasteiger partial charge on any atom is -0.493 e. The van der Waals surface area contributed by atoms with Crippen LogP contribution in [-0.2, 0) is 16.0 Å². The Hall–Kier alpha value is -3.13. The lowest BCUT2D eigenvalue weighted by molar-refractivity contribution is -0.384. The van der Waals surface area contributed by atoms with E-state index in [-0.39, 0.29) is 18.2 Å². The number of aliphatic hydroxyl groups excluding tert-OH is 1. The van der Waals surface area contributed by atoms with Crippen molar-refractivity contribution in [2.45, 2.75) is 12.5 Å². The number of hydrogen-bond donors (Lipinski definition) is 1. The number of rotatable bonds is 7. The van der Waals surface area contributed by atoms with E-state index in [1.807, 2.05) is 12.1 Å². The summed E-state index contributed by atoms with van der Waals surface area (Å²) in [4.78, 5) is 22.5. The van der Waals surface area contributed by atoms with Crippen LogP contribution < -0.4 is 9.47 Å². The van der Waals surface area contributed by atoms with E-state index >= 15 is 0 Å². The third kappa shape index (κ3) is 3.91. The molecule has 1 fully saturated rings. The third-order valence-corrected chi connectivity index (χ3v) is 4.95. The first-order valence-electron chi connectivity index (χ1n) is 8.74. The van der Waals surface area contributed by atoms with Crippen LogP contribution in [0.5, 0.6) is 11.5 Å². The molecule has 1 aliphatic heterocycles. The molecule has 3 rings (SSSR count). The van der Waals surface area contributed by atoms with Crippen molar-refractivity contribution in [1.82, 2.24) is 0 Å². The number of benzene rings is 2. The first-order chi connectivity index (χ1) is 13.4. The monoisotopic (exact) mass is 387 g/mol. The van der Waals surface area contributed by atoms with E-state index in [1.54, 1.807) is 20.3 Å². The first kappa shape index (κ1) is 19.6. The predicted octanol–water partition coefficient (Wildman–Crippen LogP) is 2.68.